The van der Waals surface area contributed by atoms with Crippen molar-refractivity contribution in [3.63, 3.8) is 0 Å². The first kappa shape index (κ1) is 16.6. The van der Waals surface area contributed by atoms with Crippen molar-refractivity contribution in [2.45, 2.75) is 44.6 Å². The van der Waals surface area contributed by atoms with E-state index in [0.717, 1.165) is 37.1 Å². The largest absolute Gasteiger partial charge is 0.385 e. The first-order valence-electron chi connectivity index (χ1n) is 9.00. The Labute approximate surface area is 144 Å². The van der Waals surface area contributed by atoms with Gasteiger partial charge in [0.15, 0.2) is 0 Å². The van der Waals surface area contributed by atoms with Crippen LogP contribution in [-0.4, -0.2) is 18.5 Å². The molecule has 1 amide bonds. The SMILES string of the molecule is O=C(NC1CCCCC1)c1ccc(CCNc2ccccc2)cc1. The molecule has 0 radical (unpaired) electrons. The van der Waals surface area contributed by atoms with Crippen LogP contribution >= 0.6 is 0 Å². The van der Waals surface area contributed by atoms with Crippen LogP contribution in [0.25, 0.3) is 0 Å². The van der Waals surface area contributed by atoms with Gasteiger partial charge in [0.2, 0.25) is 0 Å². The van der Waals surface area contributed by atoms with E-state index < -0.39 is 0 Å². The maximum absolute atomic E-state index is 12.3. The van der Waals surface area contributed by atoms with Crippen LogP contribution < -0.4 is 10.6 Å². The van der Waals surface area contributed by atoms with Crippen molar-refractivity contribution in [3.8, 4) is 0 Å². The third kappa shape index (κ3) is 4.85. The van der Waals surface area contributed by atoms with Gasteiger partial charge >= 0.3 is 0 Å². The second kappa shape index (κ2) is 8.53. The molecule has 126 valence electrons. The van der Waals surface area contributed by atoms with E-state index in [0.29, 0.717) is 6.04 Å². The maximum atomic E-state index is 12.3. The second-order valence-corrected chi connectivity index (χ2v) is 6.55. The summed E-state index contributed by atoms with van der Waals surface area (Å²) in [5, 5.41) is 6.57. The highest BCUT2D eigenvalue weighted by atomic mass is 16.1. The lowest BCUT2D eigenvalue weighted by molar-refractivity contribution is 0.0927. The van der Waals surface area contributed by atoms with Gasteiger partial charge in [-0.3, -0.25) is 4.79 Å². The minimum absolute atomic E-state index is 0.0656. The van der Waals surface area contributed by atoms with E-state index in [1.54, 1.807) is 0 Å². The number of nitrogens with one attached hydrogen (secondary N) is 2. The molecular weight excluding hydrogens is 296 g/mol. The fraction of sp³-hybridized carbons (Fsp3) is 0.381. The summed E-state index contributed by atoms with van der Waals surface area (Å²) >= 11 is 0. The zero-order valence-electron chi connectivity index (χ0n) is 14.1. The topological polar surface area (TPSA) is 41.1 Å². The van der Waals surface area contributed by atoms with Crippen LogP contribution in [0.5, 0.6) is 0 Å². The van der Waals surface area contributed by atoms with Crippen molar-refractivity contribution < 1.29 is 4.79 Å². The summed E-state index contributed by atoms with van der Waals surface area (Å²) in [5.41, 5.74) is 3.15. The number of carbonyl (C=O) groups excluding carboxylic acids is 1. The molecular formula is C21H26N2O. The van der Waals surface area contributed by atoms with Gasteiger partial charge in [-0.25, -0.2) is 0 Å². The Morgan fingerprint density at radius 3 is 2.33 bits per heavy atom. The summed E-state index contributed by atoms with van der Waals surface area (Å²) in [6.07, 6.45) is 6.96. The van der Waals surface area contributed by atoms with Crippen LogP contribution in [0.3, 0.4) is 0 Å². The minimum atomic E-state index is 0.0656. The zero-order chi connectivity index (χ0) is 16.6. The molecule has 0 spiro atoms. The van der Waals surface area contributed by atoms with Crippen molar-refractivity contribution in [1.82, 2.24) is 5.32 Å². The Morgan fingerprint density at radius 1 is 0.917 bits per heavy atom. The van der Waals surface area contributed by atoms with E-state index >= 15 is 0 Å². The molecule has 3 heteroatoms. The van der Waals surface area contributed by atoms with Crippen LogP contribution in [0.15, 0.2) is 54.6 Å². The Balaban J connectivity index is 1.46. The van der Waals surface area contributed by atoms with Crippen LogP contribution in [-0.2, 0) is 6.42 Å². The van der Waals surface area contributed by atoms with Crippen molar-refractivity contribution in [1.29, 1.82) is 0 Å². The van der Waals surface area contributed by atoms with Crippen molar-refractivity contribution in [2.75, 3.05) is 11.9 Å². The highest BCUT2D eigenvalue weighted by Crippen LogP contribution is 2.18. The standard InChI is InChI=1S/C21H26N2O/c24-21(23-20-9-5-2-6-10-20)18-13-11-17(12-14-18)15-16-22-19-7-3-1-4-8-19/h1,3-4,7-8,11-14,20,22H,2,5-6,9-10,15-16H2,(H,23,24). The van der Waals surface area contributed by atoms with Gasteiger partial charge in [0.05, 0.1) is 0 Å². The molecule has 0 heterocycles. The Hall–Kier alpha value is -2.29. The Kier molecular flexibility index (Phi) is 5.89. The summed E-state index contributed by atoms with van der Waals surface area (Å²) in [5.74, 6) is 0.0656. The normalized spacial score (nSPS) is 15.0. The van der Waals surface area contributed by atoms with E-state index in [-0.39, 0.29) is 5.91 Å². The molecule has 0 atom stereocenters. The van der Waals surface area contributed by atoms with Gasteiger partial charge in [0, 0.05) is 23.8 Å². The number of benzene rings is 2. The van der Waals surface area contributed by atoms with Crippen LogP contribution in [0.1, 0.15) is 48.0 Å². The number of hydrogen-bond acceptors (Lipinski definition) is 2. The van der Waals surface area contributed by atoms with Crippen LogP contribution in [0, 0.1) is 0 Å². The molecule has 2 N–H and O–H groups in total. The van der Waals surface area contributed by atoms with E-state index in [9.17, 15) is 4.79 Å². The molecule has 0 aliphatic heterocycles. The highest BCUT2D eigenvalue weighted by molar-refractivity contribution is 5.94. The van der Waals surface area contributed by atoms with Crippen LogP contribution in [0.2, 0.25) is 0 Å². The van der Waals surface area contributed by atoms with E-state index in [4.69, 9.17) is 0 Å². The number of carbonyl (C=O) groups is 1. The molecule has 0 saturated heterocycles. The van der Waals surface area contributed by atoms with Gasteiger partial charge in [-0.2, -0.15) is 0 Å². The summed E-state index contributed by atoms with van der Waals surface area (Å²) in [6.45, 7) is 0.887. The molecule has 1 aliphatic rings. The summed E-state index contributed by atoms with van der Waals surface area (Å²) in [6, 6.07) is 18.6. The quantitative estimate of drug-likeness (QED) is 0.827. The molecule has 2 aromatic carbocycles. The van der Waals surface area contributed by atoms with Gasteiger partial charge in [-0.1, -0.05) is 49.6 Å². The molecule has 3 rings (SSSR count). The van der Waals surface area contributed by atoms with Crippen molar-refractivity contribution in [2.24, 2.45) is 0 Å². The maximum Gasteiger partial charge on any atom is 0.251 e. The van der Waals surface area contributed by atoms with Crippen LogP contribution in [0.4, 0.5) is 5.69 Å². The molecule has 1 saturated carbocycles. The lowest BCUT2D eigenvalue weighted by Crippen LogP contribution is -2.36. The van der Waals surface area contributed by atoms with E-state index in [1.807, 2.05) is 30.3 Å². The average Bonchev–Trinajstić information content (AvgIpc) is 2.64. The lowest BCUT2D eigenvalue weighted by atomic mass is 9.95. The van der Waals surface area contributed by atoms with Gasteiger partial charge in [-0.15, -0.1) is 0 Å². The van der Waals surface area contributed by atoms with Crippen molar-refractivity contribution in [3.05, 3.63) is 65.7 Å². The summed E-state index contributed by atoms with van der Waals surface area (Å²) < 4.78 is 0. The molecule has 2 aromatic rings. The van der Waals surface area contributed by atoms with E-state index in [2.05, 4.69) is 34.9 Å². The zero-order valence-corrected chi connectivity index (χ0v) is 14.1. The number of anilines is 1. The Morgan fingerprint density at radius 2 is 1.62 bits per heavy atom. The van der Waals surface area contributed by atoms with Gasteiger partial charge in [-0.05, 0) is 49.1 Å². The Bertz CT molecular complexity index is 631. The molecule has 1 aliphatic carbocycles. The van der Waals surface area contributed by atoms with Gasteiger partial charge in [0.1, 0.15) is 0 Å². The number of hydrogen-bond donors (Lipinski definition) is 2. The number of amides is 1. The third-order valence-corrected chi connectivity index (χ3v) is 4.67. The van der Waals surface area contributed by atoms with Gasteiger partial charge in [0.25, 0.3) is 5.91 Å². The highest BCUT2D eigenvalue weighted by Gasteiger charge is 2.16. The monoisotopic (exact) mass is 322 g/mol. The second-order valence-electron chi connectivity index (χ2n) is 6.55. The molecule has 1 fully saturated rings. The fourth-order valence-electron chi connectivity index (χ4n) is 3.25. The smallest absolute Gasteiger partial charge is 0.251 e. The fourth-order valence-corrected chi connectivity index (χ4v) is 3.25. The number of para-hydroxylation sites is 1. The average molecular weight is 322 g/mol. The first-order chi connectivity index (χ1) is 11.8. The molecule has 0 bridgehead atoms. The van der Waals surface area contributed by atoms with Crippen molar-refractivity contribution >= 4 is 11.6 Å². The number of rotatable bonds is 6. The molecule has 0 unspecified atom stereocenters. The summed E-state index contributed by atoms with van der Waals surface area (Å²) in [7, 11) is 0. The molecule has 0 aromatic heterocycles. The predicted molar refractivity (Wildman–Crippen MR) is 99.4 cm³/mol. The molecule has 3 nitrogen and oxygen atoms in total. The molecule has 24 heavy (non-hydrogen) atoms. The third-order valence-electron chi connectivity index (χ3n) is 4.67. The lowest BCUT2D eigenvalue weighted by Gasteiger charge is -2.22. The summed E-state index contributed by atoms with van der Waals surface area (Å²) in [4.78, 5) is 12.3. The minimum Gasteiger partial charge on any atom is -0.385 e. The van der Waals surface area contributed by atoms with Gasteiger partial charge < -0.3 is 10.6 Å². The van der Waals surface area contributed by atoms with E-state index in [1.165, 1.54) is 24.8 Å². The first-order valence-corrected chi connectivity index (χ1v) is 9.00. The predicted octanol–water partition coefficient (Wildman–Crippen LogP) is 4.40.